The minimum Gasteiger partial charge on any atom is -0.454 e. The number of halogens is 1. The second-order valence-electron chi connectivity index (χ2n) is 4.18. The molecule has 2 rings (SSSR count). The highest BCUT2D eigenvalue weighted by molar-refractivity contribution is 6.18. The molecule has 1 aromatic rings. The van der Waals surface area contributed by atoms with E-state index in [0.717, 1.165) is 5.56 Å². The number of ether oxygens (including phenoxy) is 2. The van der Waals surface area contributed by atoms with Gasteiger partial charge in [0.05, 0.1) is 0 Å². The molecule has 21 heavy (non-hydrogen) atoms. The van der Waals surface area contributed by atoms with Crippen molar-refractivity contribution >= 4 is 17.5 Å². The first kappa shape index (κ1) is 15.0. The van der Waals surface area contributed by atoms with Crippen LogP contribution in [-0.4, -0.2) is 25.1 Å². The van der Waals surface area contributed by atoms with E-state index in [1.54, 1.807) is 12.1 Å². The Morgan fingerprint density at radius 3 is 3.00 bits per heavy atom. The maximum Gasteiger partial charge on any atom is 0.263 e. The lowest BCUT2D eigenvalue weighted by Gasteiger charge is -2.06. The van der Waals surface area contributed by atoms with Crippen LogP contribution in [0, 0.1) is 11.3 Å². The van der Waals surface area contributed by atoms with Crippen LogP contribution in [0.5, 0.6) is 11.5 Å². The fourth-order valence-corrected chi connectivity index (χ4v) is 1.81. The molecule has 2 N–H and O–H groups in total. The minimum atomic E-state index is -0.447. The van der Waals surface area contributed by atoms with Crippen molar-refractivity contribution in [3.63, 3.8) is 0 Å². The minimum absolute atomic E-state index is 0.000796. The molecule has 0 aliphatic carbocycles. The SMILES string of the molecule is N#C/C(=C/NCCCl)C(=O)NCc1ccc2c(c1)OCO2. The van der Waals surface area contributed by atoms with Crippen LogP contribution in [0.3, 0.4) is 0 Å². The number of hydrogen-bond acceptors (Lipinski definition) is 5. The number of fused-ring (bicyclic) bond motifs is 1. The zero-order valence-corrected chi connectivity index (χ0v) is 11.9. The van der Waals surface area contributed by atoms with Gasteiger partial charge < -0.3 is 20.1 Å². The summed E-state index contributed by atoms with van der Waals surface area (Å²) in [5, 5.41) is 14.4. The van der Waals surface area contributed by atoms with Gasteiger partial charge in [0, 0.05) is 25.2 Å². The van der Waals surface area contributed by atoms with Crippen molar-refractivity contribution in [2.24, 2.45) is 0 Å². The molecule has 1 heterocycles. The molecule has 0 atom stereocenters. The molecule has 0 saturated carbocycles. The Bertz CT molecular complexity index is 596. The van der Waals surface area contributed by atoms with Gasteiger partial charge in [0.25, 0.3) is 5.91 Å². The topological polar surface area (TPSA) is 83.4 Å². The predicted octanol–water partition coefficient (Wildman–Crippen LogP) is 1.27. The molecule has 1 aliphatic rings. The molecule has 1 amide bonds. The summed E-state index contributed by atoms with van der Waals surface area (Å²) in [5.74, 6) is 1.29. The normalized spacial score (nSPS) is 12.7. The number of amides is 1. The average Bonchev–Trinajstić information content (AvgIpc) is 2.97. The smallest absolute Gasteiger partial charge is 0.263 e. The van der Waals surface area contributed by atoms with E-state index in [2.05, 4.69) is 10.6 Å². The Labute approximate surface area is 127 Å². The quantitative estimate of drug-likeness (QED) is 0.358. The molecule has 0 aromatic heterocycles. The van der Waals surface area contributed by atoms with E-state index in [1.165, 1.54) is 6.20 Å². The largest absolute Gasteiger partial charge is 0.454 e. The molecule has 0 fully saturated rings. The number of rotatable bonds is 6. The number of nitrogens with zero attached hydrogens (tertiary/aromatic N) is 1. The number of nitriles is 1. The van der Waals surface area contributed by atoms with Gasteiger partial charge in [0.2, 0.25) is 6.79 Å². The third-order valence-electron chi connectivity index (χ3n) is 2.74. The number of hydrogen-bond donors (Lipinski definition) is 2. The van der Waals surface area contributed by atoms with Crippen LogP contribution in [0.2, 0.25) is 0 Å². The number of carbonyl (C=O) groups excluding carboxylic acids is 1. The fourth-order valence-electron chi connectivity index (χ4n) is 1.71. The summed E-state index contributed by atoms with van der Waals surface area (Å²) < 4.78 is 10.5. The molecule has 0 unspecified atom stereocenters. The molecule has 110 valence electrons. The lowest BCUT2D eigenvalue weighted by molar-refractivity contribution is -0.117. The van der Waals surface area contributed by atoms with Gasteiger partial charge in [-0.1, -0.05) is 6.07 Å². The van der Waals surface area contributed by atoms with E-state index < -0.39 is 5.91 Å². The van der Waals surface area contributed by atoms with Gasteiger partial charge in [0.1, 0.15) is 11.6 Å². The van der Waals surface area contributed by atoms with Gasteiger partial charge in [-0.25, -0.2) is 0 Å². The summed E-state index contributed by atoms with van der Waals surface area (Å²) in [6.07, 6.45) is 1.36. The van der Waals surface area contributed by atoms with Crippen LogP contribution >= 0.6 is 11.6 Å². The maximum absolute atomic E-state index is 11.8. The Kier molecular flexibility index (Phi) is 5.29. The third-order valence-corrected chi connectivity index (χ3v) is 2.93. The summed E-state index contributed by atoms with van der Waals surface area (Å²) in [6, 6.07) is 7.25. The van der Waals surface area contributed by atoms with Crippen molar-refractivity contribution in [3.8, 4) is 17.6 Å². The lowest BCUT2D eigenvalue weighted by Crippen LogP contribution is -2.25. The molecule has 0 spiro atoms. The van der Waals surface area contributed by atoms with Crippen LogP contribution in [-0.2, 0) is 11.3 Å². The molecule has 0 radical (unpaired) electrons. The van der Waals surface area contributed by atoms with Gasteiger partial charge in [-0.05, 0) is 17.7 Å². The monoisotopic (exact) mass is 307 g/mol. The van der Waals surface area contributed by atoms with E-state index in [-0.39, 0.29) is 12.4 Å². The highest BCUT2D eigenvalue weighted by Gasteiger charge is 2.14. The van der Waals surface area contributed by atoms with Crippen molar-refractivity contribution in [2.45, 2.75) is 6.54 Å². The number of alkyl halides is 1. The summed E-state index contributed by atoms with van der Waals surface area (Å²) in [5.41, 5.74) is 0.861. The second kappa shape index (κ2) is 7.41. The summed E-state index contributed by atoms with van der Waals surface area (Å²) in [7, 11) is 0. The van der Waals surface area contributed by atoms with Crippen LogP contribution in [0.15, 0.2) is 30.0 Å². The first-order valence-electron chi connectivity index (χ1n) is 6.31. The highest BCUT2D eigenvalue weighted by Crippen LogP contribution is 2.32. The van der Waals surface area contributed by atoms with Crippen molar-refractivity contribution in [3.05, 3.63) is 35.5 Å². The van der Waals surface area contributed by atoms with Gasteiger partial charge in [-0.3, -0.25) is 4.79 Å². The zero-order chi connectivity index (χ0) is 15.1. The molecule has 1 aromatic carbocycles. The van der Waals surface area contributed by atoms with E-state index in [0.29, 0.717) is 30.5 Å². The Morgan fingerprint density at radius 2 is 2.24 bits per heavy atom. The average molecular weight is 308 g/mol. The second-order valence-corrected chi connectivity index (χ2v) is 4.56. The highest BCUT2D eigenvalue weighted by atomic mass is 35.5. The molecular formula is C14H14ClN3O3. The van der Waals surface area contributed by atoms with Gasteiger partial charge in [-0.2, -0.15) is 5.26 Å². The van der Waals surface area contributed by atoms with Crippen LogP contribution in [0.25, 0.3) is 0 Å². The van der Waals surface area contributed by atoms with Crippen LogP contribution in [0.1, 0.15) is 5.56 Å². The molecule has 6 nitrogen and oxygen atoms in total. The summed E-state index contributed by atoms with van der Waals surface area (Å²) in [4.78, 5) is 11.8. The van der Waals surface area contributed by atoms with Crippen molar-refractivity contribution in [1.82, 2.24) is 10.6 Å². The first-order valence-corrected chi connectivity index (χ1v) is 6.84. The molecule has 1 aliphatic heterocycles. The zero-order valence-electron chi connectivity index (χ0n) is 11.2. The van der Waals surface area contributed by atoms with Crippen molar-refractivity contribution in [1.29, 1.82) is 5.26 Å². The van der Waals surface area contributed by atoms with Crippen LogP contribution in [0.4, 0.5) is 0 Å². The third kappa shape index (κ3) is 4.04. The number of carbonyl (C=O) groups is 1. The molecule has 7 heteroatoms. The molecule has 0 saturated heterocycles. The van der Waals surface area contributed by atoms with Gasteiger partial charge in [0.15, 0.2) is 11.5 Å². The number of benzene rings is 1. The van der Waals surface area contributed by atoms with E-state index >= 15 is 0 Å². The first-order chi connectivity index (χ1) is 10.2. The Morgan fingerprint density at radius 1 is 1.43 bits per heavy atom. The predicted molar refractivity (Wildman–Crippen MR) is 76.8 cm³/mol. The van der Waals surface area contributed by atoms with Crippen molar-refractivity contribution < 1.29 is 14.3 Å². The number of nitrogens with one attached hydrogen (secondary N) is 2. The summed E-state index contributed by atoms with van der Waals surface area (Å²) >= 11 is 5.50. The van der Waals surface area contributed by atoms with Crippen LogP contribution < -0.4 is 20.1 Å². The van der Waals surface area contributed by atoms with E-state index in [9.17, 15) is 4.79 Å². The summed E-state index contributed by atoms with van der Waals surface area (Å²) in [6.45, 7) is 0.991. The standard InChI is InChI=1S/C14H14ClN3O3/c15-3-4-17-8-11(6-16)14(19)18-7-10-1-2-12-13(5-10)21-9-20-12/h1-2,5,8,17H,3-4,7,9H2,(H,18,19)/b11-8-. The molecular weight excluding hydrogens is 294 g/mol. The Balaban J connectivity index is 1.91. The Hall–Kier alpha value is -2.39. The fraction of sp³-hybridized carbons (Fsp3) is 0.286. The van der Waals surface area contributed by atoms with E-state index in [1.807, 2.05) is 12.1 Å². The van der Waals surface area contributed by atoms with Gasteiger partial charge >= 0.3 is 0 Å². The maximum atomic E-state index is 11.8. The lowest BCUT2D eigenvalue weighted by atomic mass is 10.2. The van der Waals surface area contributed by atoms with E-state index in [4.69, 9.17) is 26.3 Å². The molecule has 0 bridgehead atoms. The van der Waals surface area contributed by atoms with Gasteiger partial charge in [-0.15, -0.1) is 11.6 Å². The van der Waals surface area contributed by atoms with Crippen molar-refractivity contribution in [2.75, 3.05) is 19.2 Å².